The van der Waals surface area contributed by atoms with Crippen LogP contribution in [0.15, 0.2) is 53.3 Å². The second kappa shape index (κ2) is 8.87. The zero-order valence-corrected chi connectivity index (χ0v) is 16.9. The number of aryl methyl sites for hydroxylation is 2. The summed E-state index contributed by atoms with van der Waals surface area (Å²) in [6.45, 7) is 0.0405. The van der Waals surface area contributed by atoms with Crippen molar-refractivity contribution in [3.05, 3.63) is 75.2 Å². The van der Waals surface area contributed by atoms with Gasteiger partial charge in [0.25, 0.3) is 0 Å². The maximum absolute atomic E-state index is 13.0. The van der Waals surface area contributed by atoms with Gasteiger partial charge in [0.2, 0.25) is 0 Å². The third-order valence-electron chi connectivity index (χ3n) is 4.62. The summed E-state index contributed by atoms with van der Waals surface area (Å²) in [5.41, 5.74) is 1.36. The Balaban J connectivity index is 1.84. The standard InChI is InChI=1S/C21H19ClF3N3O2/c1-14-4-2-3-5-15(14)8-11-18(29)12-28-20(30)27(13-21(23,24)25)19(26-28)16-6-9-17(22)10-7-16/h2-7,9-10H,8,11-13H2,1H3. The van der Waals surface area contributed by atoms with Crippen molar-refractivity contribution in [2.75, 3.05) is 0 Å². The van der Waals surface area contributed by atoms with Gasteiger partial charge in [-0.05, 0) is 48.7 Å². The summed E-state index contributed by atoms with van der Waals surface area (Å²) in [7, 11) is 0. The number of rotatable bonds is 7. The van der Waals surface area contributed by atoms with E-state index < -0.39 is 25.0 Å². The van der Waals surface area contributed by atoms with E-state index in [2.05, 4.69) is 5.10 Å². The monoisotopic (exact) mass is 437 g/mol. The van der Waals surface area contributed by atoms with Crippen LogP contribution in [0.4, 0.5) is 13.2 Å². The summed E-state index contributed by atoms with van der Waals surface area (Å²) in [6, 6.07) is 13.5. The Hall–Kier alpha value is -2.87. The average Bonchev–Trinajstić information content (AvgIpc) is 2.96. The fourth-order valence-corrected chi connectivity index (χ4v) is 3.22. The van der Waals surface area contributed by atoms with Gasteiger partial charge >= 0.3 is 11.9 Å². The normalized spacial score (nSPS) is 11.6. The highest BCUT2D eigenvalue weighted by molar-refractivity contribution is 6.30. The molecule has 0 unspecified atom stereocenters. The van der Waals surface area contributed by atoms with E-state index in [0.29, 0.717) is 21.6 Å². The maximum atomic E-state index is 13.0. The van der Waals surface area contributed by atoms with E-state index in [-0.39, 0.29) is 18.0 Å². The number of benzene rings is 2. The number of hydrogen-bond donors (Lipinski definition) is 0. The van der Waals surface area contributed by atoms with Crippen molar-refractivity contribution < 1.29 is 18.0 Å². The smallest absolute Gasteiger partial charge is 0.298 e. The molecule has 0 aliphatic carbocycles. The lowest BCUT2D eigenvalue weighted by molar-refractivity contribution is -0.140. The Morgan fingerprint density at radius 2 is 1.77 bits per heavy atom. The predicted octanol–water partition coefficient (Wildman–Crippen LogP) is 4.44. The molecule has 0 saturated carbocycles. The number of alkyl halides is 3. The Morgan fingerprint density at radius 3 is 2.40 bits per heavy atom. The van der Waals surface area contributed by atoms with Crippen LogP contribution < -0.4 is 5.69 Å². The quantitative estimate of drug-likeness (QED) is 0.549. The first kappa shape index (κ1) is 21.8. The molecule has 5 nitrogen and oxygen atoms in total. The zero-order valence-electron chi connectivity index (χ0n) is 16.1. The molecule has 0 aliphatic rings. The minimum Gasteiger partial charge on any atom is -0.298 e. The van der Waals surface area contributed by atoms with Gasteiger partial charge in [0.1, 0.15) is 13.1 Å². The number of carbonyl (C=O) groups excluding carboxylic acids is 1. The SMILES string of the molecule is Cc1ccccc1CCC(=O)Cn1nc(-c2ccc(Cl)cc2)n(CC(F)(F)F)c1=O. The van der Waals surface area contributed by atoms with Crippen molar-refractivity contribution >= 4 is 17.4 Å². The van der Waals surface area contributed by atoms with Gasteiger partial charge in [-0.3, -0.25) is 9.36 Å². The Kier molecular flexibility index (Phi) is 6.45. The second-order valence-electron chi connectivity index (χ2n) is 6.94. The Bertz CT molecular complexity index is 1100. The van der Waals surface area contributed by atoms with Gasteiger partial charge in [0, 0.05) is 17.0 Å². The van der Waals surface area contributed by atoms with Gasteiger partial charge in [-0.25, -0.2) is 9.48 Å². The van der Waals surface area contributed by atoms with Crippen molar-refractivity contribution in [3.63, 3.8) is 0 Å². The molecule has 0 spiro atoms. The third-order valence-corrected chi connectivity index (χ3v) is 4.88. The van der Waals surface area contributed by atoms with Gasteiger partial charge in [-0.15, -0.1) is 5.10 Å². The molecule has 0 aliphatic heterocycles. The van der Waals surface area contributed by atoms with Crippen LogP contribution in [0.5, 0.6) is 0 Å². The summed E-state index contributed by atoms with van der Waals surface area (Å²) < 4.78 is 40.4. The molecule has 3 aromatic rings. The molecule has 30 heavy (non-hydrogen) atoms. The molecule has 0 fully saturated rings. The van der Waals surface area contributed by atoms with Crippen LogP contribution in [0.25, 0.3) is 11.4 Å². The average molecular weight is 438 g/mol. The largest absolute Gasteiger partial charge is 0.406 e. The fraction of sp³-hybridized carbons (Fsp3) is 0.286. The number of Topliss-reactive ketones (excluding diaryl/α,β-unsaturated/α-hetero) is 1. The maximum Gasteiger partial charge on any atom is 0.406 e. The number of hydrogen-bond acceptors (Lipinski definition) is 3. The van der Waals surface area contributed by atoms with Crippen LogP contribution in [0, 0.1) is 6.92 Å². The van der Waals surface area contributed by atoms with Crippen molar-refractivity contribution in [1.82, 2.24) is 14.3 Å². The van der Waals surface area contributed by atoms with E-state index in [1.54, 1.807) is 0 Å². The van der Waals surface area contributed by atoms with Crippen molar-refractivity contribution in [3.8, 4) is 11.4 Å². The van der Waals surface area contributed by atoms with Crippen molar-refractivity contribution in [2.24, 2.45) is 0 Å². The molecule has 158 valence electrons. The number of halogens is 4. The first-order chi connectivity index (χ1) is 14.1. The van der Waals surface area contributed by atoms with E-state index in [1.807, 2.05) is 31.2 Å². The molecule has 3 rings (SSSR count). The van der Waals surface area contributed by atoms with E-state index >= 15 is 0 Å². The van der Waals surface area contributed by atoms with Crippen molar-refractivity contribution in [2.45, 2.75) is 39.0 Å². The molecule has 0 N–H and O–H groups in total. The lowest BCUT2D eigenvalue weighted by Gasteiger charge is -2.08. The first-order valence-corrected chi connectivity index (χ1v) is 9.58. The molecule has 0 amide bonds. The van der Waals surface area contributed by atoms with Crippen LogP contribution in [-0.2, 0) is 24.3 Å². The summed E-state index contributed by atoms with van der Waals surface area (Å²) in [5, 5.41) is 4.41. The number of carbonyl (C=O) groups is 1. The molecular formula is C21H19ClF3N3O2. The lowest BCUT2D eigenvalue weighted by Crippen LogP contribution is -2.32. The summed E-state index contributed by atoms with van der Waals surface area (Å²) >= 11 is 5.83. The van der Waals surface area contributed by atoms with Gasteiger partial charge in [0.15, 0.2) is 11.6 Å². The van der Waals surface area contributed by atoms with Gasteiger partial charge in [0.05, 0.1) is 0 Å². The highest BCUT2D eigenvalue weighted by Crippen LogP contribution is 2.23. The Morgan fingerprint density at radius 1 is 1.10 bits per heavy atom. The van der Waals surface area contributed by atoms with Gasteiger partial charge in [-0.1, -0.05) is 35.9 Å². The minimum absolute atomic E-state index is 0.152. The molecule has 9 heteroatoms. The number of aromatic nitrogens is 3. The van der Waals surface area contributed by atoms with E-state index in [4.69, 9.17) is 11.6 Å². The molecule has 2 aromatic carbocycles. The Labute approximate surface area is 175 Å². The highest BCUT2D eigenvalue weighted by atomic mass is 35.5. The molecule has 0 atom stereocenters. The van der Waals surface area contributed by atoms with Crippen LogP contribution in [0.1, 0.15) is 17.5 Å². The summed E-state index contributed by atoms with van der Waals surface area (Å²) in [4.78, 5) is 24.9. The van der Waals surface area contributed by atoms with E-state index in [1.165, 1.54) is 24.3 Å². The van der Waals surface area contributed by atoms with Crippen LogP contribution in [0.2, 0.25) is 5.02 Å². The summed E-state index contributed by atoms with van der Waals surface area (Å²) in [6.07, 6.45) is -3.99. The third kappa shape index (κ3) is 5.38. The minimum atomic E-state index is -4.62. The molecule has 0 bridgehead atoms. The first-order valence-electron chi connectivity index (χ1n) is 9.20. The zero-order chi connectivity index (χ0) is 21.9. The summed E-state index contributed by atoms with van der Waals surface area (Å²) in [5.74, 6) is -0.458. The molecule has 0 saturated heterocycles. The molecule has 1 heterocycles. The van der Waals surface area contributed by atoms with E-state index in [9.17, 15) is 22.8 Å². The number of nitrogens with zero attached hydrogens (tertiary/aromatic N) is 3. The van der Waals surface area contributed by atoms with Crippen LogP contribution in [0.3, 0.4) is 0 Å². The lowest BCUT2D eigenvalue weighted by atomic mass is 10.0. The highest BCUT2D eigenvalue weighted by Gasteiger charge is 2.31. The second-order valence-corrected chi connectivity index (χ2v) is 7.37. The van der Waals surface area contributed by atoms with Gasteiger partial charge < -0.3 is 0 Å². The van der Waals surface area contributed by atoms with Gasteiger partial charge in [-0.2, -0.15) is 13.2 Å². The molecule has 0 radical (unpaired) electrons. The number of ketones is 1. The van der Waals surface area contributed by atoms with Crippen LogP contribution >= 0.6 is 11.6 Å². The topological polar surface area (TPSA) is 56.9 Å². The predicted molar refractivity (Wildman–Crippen MR) is 107 cm³/mol. The molecular weight excluding hydrogens is 419 g/mol. The van der Waals surface area contributed by atoms with Crippen LogP contribution in [-0.4, -0.2) is 26.3 Å². The van der Waals surface area contributed by atoms with E-state index in [0.717, 1.165) is 15.8 Å². The molecule has 1 aromatic heterocycles. The van der Waals surface area contributed by atoms with Crippen molar-refractivity contribution in [1.29, 1.82) is 0 Å². The fourth-order valence-electron chi connectivity index (χ4n) is 3.09.